The smallest absolute Gasteiger partial charge is 0.417 e. The van der Waals surface area contributed by atoms with Gasteiger partial charge in [0.25, 0.3) is 5.91 Å². The molecule has 3 N–H and O–H groups in total. The van der Waals surface area contributed by atoms with Crippen molar-refractivity contribution in [3.63, 3.8) is 0 Å². The number of methoxy groups -OCH3 is 1. The number of nitrogens with one attached hydrogen (secondary N) is 2. The van der Waals surface area contributed by atoms with Crippen LogP contribution in [0.3, 0.4) is 0 Å². The lowest BCUT2D eigenvalue weighted by atomic mass is 10.0. The Morgan fingerprint density at radius 2 is 2.02 bits per heavy atom. The summed E-state index contributed by atoms with van der Waals surface area (Å²) in [6.45, 7) is 6.30. The van der Waals surface area contributed by atoms with E-state index < -0.39 is 29.7 Å². The minimum absolute atomic E-state index is 0.0496. The monoisotopic (exact) mass is 661 g/mol. The number of rotatable bonds is 9. The summed E-state index contributed by atoms with van der Waals surface area (Å²) in [7, 11) is 1.46. The van der Waals surface area contributed by atoms with Crippen molar-refractivity contribution in [1.29, 1.82) is 0 Å². The van der Waals surface area contributed by atoms with Crippen LogP contribution in [-0.4, -0.2) is 94.6 Å². The van der Waals surface area contributed by atoms with Gasteiger partial charge in [-0.3, -0.25) is 14.7 Å². The van der Waals surface area contributed by atoms with E-state index in [4.69, 9.17) is 42.8 Å². The van der Waals surface area contributed by atoms with Crippen LogP contribution in [0.2, 0.25) is 5.02 Å². The van der Waals surface area contributed by atoms with Crippen molar-refractivity contribution in [2.24, 2.45) is 0 Å². The Morgan fingerprint density at radius 1 is 1.24 bits per heavy atom. The number of amides is 3. The van der Waals surface area contributed by atoms with Crippen LogP contribution in [0.5, 0.6) is 11.5 Å². The largest absolute Gasteiger partial charge is 0.493 e. The van der Waals surface area contributed by atoms with Crippen LogP contribution in [0.15, 0.2) is 47.9 Å². The molecule has 1 aromatic heterocycles. The van der Waals surface area contributed by atoms with Crippen LogP contribution < -0.4 is 20.1 Å². The Hall–Kier alpha value is -4.14. The number of morpholine rings is 1. The molecule has 0 unspecified atom stereocenters. The van der Waals surface area contributed by atoms with Gasteiger partial charge in [0.15, 0.2) is 5.75 Å². The second-order valence-corrected chi connectivity index (χ2v) is 12.0. The fraction of sp³-hybridized carbons (Fsp3) is 0.433. The van der Waals surface area contributed by atoms with Gasteiger partial charge in [-0.05, 0) is 39.0 Å². The lowest BCUT2D eigenvalue weighted by Gasteiger charge is -2.33. The number of thiocarbonyl (C=S) groups is 1. The van der Waals surface area contributed by atoms with E-state index in [-0.39, 0.29) is 49.8 Å². The maximum absolute atomic E-state index is 13.8. The van der Waals surface area contributed by atoms with Gasteiger partial charge >= 0.3 is 12.2 Å². The lowest BCUT2D eigenvalue weighted by molar-refractivity contribution is -0.126. The number of pyridine rings is 1. The number of halogens is 1. The molecule has 1 aromatic carbocycles. The van der Waals surface area contributed by atoms with Crippen molar-refractivity contribution < 1.29 is 38.4 Å². The molecule has 3 heterocycles. The van der Waals surface area contributed by atoms with E-state index in [0.717, 1.165) is 4.90 Å². The van der Waals surface area contributed by atoms with Gasteiger partial charge in [-0.25, -0.2) is 14.5 Å². The number of hydrogen-bond donors (Lipinski definition) is 3. The first-order chi connectivity index (χ1) is 21.4. The van der Waals surface area contributed by atoms with Crippen molar-refractivity contribution in [2.45, 2.75) is 45.4 Å². The van der Waals surface area contributed by atoms with E-state index in [1.54, 1.807) is 51.2 Å². The van der Waals surface area contributed by atoms with Crippen molar-refractivity contribution in [3.8, 4) is 11.5 Å². The Balaban J connectivity index is 1.58. The van der Waals surface area contributed by atoms with Crippen LogP contribution in [-0.2, 0) is 20.8 Å². The average Bonchev–Trinajstić information content (AvgIpc) is 2.98. The highest BCUT2D eigenvalue weighted by atomic mass is 35.5. The molecule has 1 saturated heterocycles. The topological polar surface area (TPSA) is 152 Å². The summed E-state index contributed by atoms with van der Waals surface area (Å²) >= 11 is 12.0. The summed E-state index contributed by atoms with van der Waals surface area (Å²) in [6.07, 6.45) is 1.58. The average molecular weight is 662 g/mol. The summed E-state index contributed by atoms with van der Waals surface area (Å²) in [5.41, 5.74) is 0.912. The highest BCUT2D eigenvalue weighted by Crippen LogP contribution is 2.33. The van der Waals surface area contributed by atoms with Crippen molar-refractivity contribution in [3.05, 3.63) is 58.5 Å². The van der Waals surface area contributed by atoms with Gasteiger partial charge in [-0.15, -0.1) is 0 Å². The van der Waals surface area contributed by atoms with Crippen LogP contribution in [0.1, 0.15) is 32.8 Å². The van der Waals surface area contributed by atoms with Gasteiger partial charge in [0, 0.05) is 43.5 Å². The minimum atomic E-state index is -1.04. The van der Waals surface area contributed by atoms with E-state index in [9.17, 15) is 19.5 Å². The zero-order chi connectivity index (χ0) is 32.7. The number of anilines is 1. The normalized spacial score (nSPS) is 17.1. The molecule has 13 nitrogen and oxygen atoms in total. The molecule has 2 aliphatic heterocycles. The maximum atomic E-state index is 13.8. The van der Waals surface area contributed by atoms with E-state index in [0.29, 0.717) is 40.1 Å². The standard InChI is InChI=1S/C30H36ClN5O8S/c1-30(2,3)44-29(40)36-11-9-21(24(27(36)37)26(45)34-22-7-5-6-20(31)25(22)41-4)33-14-18-8-10-32-15-23(18)43-17-19-16-42-13-12-35(19)28(38)39/h5-8,10,15,19,33H,9,11-14,16-17H2,1-4H3,(H,34,45)(H,38,39)/t19-/m0/s1. The molecule has 0 aliphatic carbocycles. The van der Waals surface area contributed by atoms with Gasteiger partial charge in [0.2, 0.25) is 0 Å². The third-order valence-corrected chi connectivity index (χ3v) is 7.48. The molecule has 0 spiro atoms. The molecule has 0 bridgehead atoms. The molecule has 242 valence electrons. The van der Waals surface area contributed by atoms with Gasteiger partial charge in [-0.2, -0.15) is 0 Å². The third kappa shape index (κ3) is 8.53. The maximum Gasteiger partial charge on any atom is 0.417 e. The Morgan fingerprint density at radius 3 is 2.73 bits per heavy atom. The predicted molar refractivity (Wildman–Crippen MR) is 170 cm³/mol. The molecular weight excluding hydrogens is 626 g/mol. The molecular formula is C30H36ClN5O8S. The minimum Gasteiger partial charge on any atom is -0.493 e. The number of nitrogens with zero attached hydrogens (tertiary/aromatic N) is 3. The predicted octanol–water partition coefficient (Wildman–Crippen LogP) is 4.45. The van der Waals surface area contributed by atoms with E-state index >= 15 is 0 Å². The van der Waals surface area contributed by atoms with Gasteiger partial charge in [0.05, 0.1) is 48.8 Å². The first kappa shape index (κ1) is 33.7. The summed E-state index contributed by atoms with van der Waals surface area (Å²) in [4.78, 5) is 44.9. The number of aromatic nitrogens is 1. The summed E-state index contributed by atoms with van der Waals surface area (Å²) in [6, 6.07) is 6.34. The van der Waals surface area contributed by atoms with E-state index in [1.165, 1.54) is 18.2 Å². The number of carboxylic acid groups (broad SMARTS) is 1. The quantitative estimate of drug-likeness (QED) is 0.326. The molecule has 15 heteroatoms. The zero-order valence-electron chi connectivity index (χ0n) is 25.4. The molecule has 4 rings (SSSR count). The fourth-order valence-corrected chi connectivity index (χ4v) is 5.31. The number of hydrogen-bond acceptors (Lipinski definition) is 10. The molecule has 45 heavy (non-hydrogen) atoms. The molecule has 0 radical (unpaired) electrons. The number of ether oxygens (including phenoxy) is 4. The first-order valence-corrected chi connectivity index (χ1v) is 15.0. The number of imide groups is 1. The van der Waals surface area contributed by atoms with Crippen LogP contribution in [0, 0.1) is 0 Å². The SMILES string of the molecule is COc1c(Cl)cccc1NC(=S)C1=C(NCc2ccncc2OC[C@@H]2COCCN2C(=O)O)CCN(C(=O)OC(C)(C)C)C1=O. The first-order valence-electron chi connectivity index (χ1n) is 14.2. The summed E-state index contributed by atoms with van der Waals surface area (Å²) in [5.74, 6) is 0.144. The summed E-state index contributed by atoms with van der Waals surface area (Å²) in [5, 5.41) is 16.2. The third-order valence-electron chi connectivity index (χ3n) is 6.87. The van der Waals surface area contributed by atoms with E-state index in [1.807, 2.05) is 0 Å². The lowest BCUT2D eigenvalue weighted by Crippen LogP contribution is -2.50. The molecule has 2 aliphatic rings. The molecule has 3 amide bonds. The fourth-order valence-electron chi connectivity index (χ4n) is 4.73. The van der Waals surface area contributed by atoms with Gasteiger partial charge in [0.1, 0.15) is 22.9 Å². The second-order valence-electron chi connectivity index (χ2n) is 11.2. The van der Waals surface area contributed by atoms with Crippen molar-refractivity contribution >= 4 is 52.6 Å². The molecule has 1 fully saturated rings. The highest BCUT2D eigenvalue weighted by Gasteiger charge is 2.36. The van der Waals surface area contributed by atoms with Crippen LogP contribution in [0.25, 0.3) is 0 Å². The van der Waals surface area contributed by atoms with E-state index in [2.05, 4.69) is 15.6 Å². The second kappa shape index (κ2) is 14.8. The van der Waals surface area contributed by atoms with Crippen molar-refractivity contribution in [1.82, 2.24) is 20.1 Å². The Kier molecular flexibility index (Phi) is 11.1. The Bertz CT molecular complexity index is 1480. The molecule has 0 saturated carbocycles. The number of carbonyl (C=O) groups excluding carboxylic acids is 2. The van der Waals surface area contributed by atoms with Crippen LogP contribution in [0.4, 0.5) is 15.3 Å². The zero-order valence-corrected chi connectivity index (χ0v) is 27.0. The molecule has 2 aromatic rings. The highest BCUT2D eigenvalue weighted by molar-refractivity contribution is 7.81. The van der Waals surface area contributed by atoms with Gasteiger partial charge < -0.3 is 34.7 Å². The number of carbonyl (C=O) groups is 3. The Labute approximate surface area is 271 Å². The number of benzene rings is 1. The van der Waals surface area contributed by atoms with Crippen molar-refractivity contribution in [2.75, 3.05) is 45.3 Å². The van der Waals surface area contributed by atoms with Gasteiger partial charge in [-0.1, -0.05) is 29.9 Å². The van der Waals surface area contributed by atoms with Crippen LogP contribution >= 0.6 is 23.8 Å². The summed E-state index contributed by atoms with van der Waals surface area (Å²) < 4.78 is 22.3. The molecule has 1 atom stereocenters. The number of para-hydroxylation sites is 1.